The van der Waals surface area contributed by atoms with Crippen LogP contribution in [0.25, 0.3) is 11.1 Å². The van der Waals surface area contributed by atoms with Crippen LogP contribution in [-0.2, 0) is 4.79 Å². The Morgan fingerprint density at radius 2 is 2.00 bits per heavy atom. The number of hydrogen-bond donors (Lipinski definition) is 2. The first-order valence-electron chi connectivity index (χ1n) is 9.10. The van der Waals surface area contributed by atoms with Crippen LogP contribution in [0.5, 0.6) is 11.5 Å². The topological polar surface area (TPSA) is 84.9 Å². The van der Waals surface area contributed by atoms with Gasteiger partial charge in [-0.1, -0.05) is 18.2 Å². The third-order valence-corrected chi connectivity index (χ3v) is 6.32. The second-order valence-electron chi connectivity index (χ2n) is 6.77. The van der Waals surface area contributed by atoms with Crippen LogP contribution in [0.2, 0.25) is 0 Å². The second-order valence-corrected chi connectivity index (χ2v) is 7.83. The summed E-state index contributed by atoms with van der Waals surface area (Å²) in [5.74, 6) is -1.13. The Morgan fingerprint density at radius 3 is 2.67 bits per heavy atom. The smallest absolute Gasteiger partial charge is 0.346 e. The number of benzene rings is 2. The van der Waals surface area contributed by atoms with Crippen molar-refractivity contribution in [3.63, 3.8) is 0 Å². The van der Waals surface area contributed by atoms with Gasteiger partial charge in [0.2, 0.25) is 5.91 Å². The van der Waals surface area contributed by atoms with Gasteiger partial charge in [-0.2, -0.15) is 0 Å². The van der Waals surface area contributed by atoms with Gasteiger partial charge in [-0.05, 0) is 23.8 Å². The van der Waals surface area contributed by atoms with Crippen molar-refractivity contribution in [1.29, 1.82) is 0 Å². The summed E-state index contributed by atoms with van der Waals surface area (Å²) in [5, 5.41) is 12.6. The van der Waals surface area contributed by atoms with Gasteiger partial charge in [0.15, 0.2) is 0 Å². The largest absolute Gasteiger partial charge is 0.497 e. The van der Waals surface area contributed by atoms with Crippen molar-refractivity contribution >= 4 is 28.9 Å². The highest BCUT2D eigenvalue weighted by Crippen LogP contribution is 2.51. The monoisotopic (exact) mass is 427 g/mol. The predicted molar refractivity (Wildman–Crippen MR) is 111 cm³/mol. The number of hydrogen-bond acceptors (Lipinski definition) is 5. The van der Waals surface area contributed by atoms with Crippen molar-refractivity contribution in [2.24, 2.45) is 0 Å². The highest BCUT2D eigenvalue weighted by molar-refractivity contribution is 7.15. The van der Waals surface area contributed by atoms with E-state index in [2.05, 4.69) is 5.32 Å². The molecule has 154 valence electrons. The van der Waals surface area contributed by atoms with E-state index in [1.165, 1.54) is 25.3 Å². The second kappa shape index (κ2) is 7.79. The van der Waals surface area contributed by atoms with Crippen molar-refractivity contribution < 1.29 is 28.6 Å². The molecule has 1 aliphatic rings. The molecule has 30 heavy (non-hydrogen) atoms. The van der Waals surface area contributed by atoms with Crippen LogP contribution in [0, 0.1) is 5.82 Å². The van der Waals surface area contributed by atoms with E-state index in [1.807, 2.05) is 6.07 Å². The lowest BCUT2D eigenvalue weighted by atomic mass is 9.88. The maximum Gasteiger partial charge on any atom is 0.346 e. The van der Waals surface area contributed by atoms with Crippen LogP contribution in [0.15, 0.2) is 42.5 Å². The molecule has 3 aromatic rings. The molecule has 8 heteroatoms. The maximum absolute atomic E-state index is 13.9. The quantitative estimate of drug-likeness (QED) is 0.614. The molecule has 0 radical (unpaired) electrons. The summed E-state index contributed by atoms with van der Waals surface area (Å²) in [7, 11) is 3.07. The van der Waals surface area contributed by atoms with E-state index < -0.39 is 17.7 Å². The molecule has 1 atom stereocenters. The number of halogens is 1. The van der Waals surface area contributed by atoms with Crippen molar-refractivity contribution in [3.05, 3.63) is 63.6 Å². The van der Waals surface area contributed by atoms with Crippen molar-refractivity contribution in [2.75, 3.05) is 19.5 Å². The van der Waals surface area contributed by atoms with Crippen molar-refractivity contribution in [2.45, 2.75) is 12.3 Å². The lowest BCUT2D eigenvalue weighted by Gasteiger charge is -2.25. The number of carboxylic acids is 1. The SMILES string of the molecule is COc1ccc([C@@H]2CC(=O)Nc3c2sc(C(=O)O)c3-c2cccc(F)c2)c(OC)c1. The minimum absolute atomic E-state index is 0.0466. The highest BCUT2D eigenvalue weighted by Gasteiger charge is 2.35. The fourth-order valence-corrected chi connectivity index (χ4v) is 4.95. The van der Waals surface area contributed by atoms with E-state index in [9.17, 15) is 19.1 Å². The summed E-state index contributed by atoms with van der Waals surface area (Å²) in [4.78, 5) is 25.3. The Bertz CT molecular complexity index is 1160. The molecule has 0 aliphatic carbocycles. The van der Waals surface area contributed by atoms with Gasteiger partial charge in [-0.25, -0.2) is 9.18 Å². The summed E-state index contributed by atoms with van der Waals surface area (Å²) in [6.45, 7) is 0. The van der Waals surface area contributed by atoms with E-state index >= 15 is 0 Å². The van der Waals surface area contributed by atoms with Gasteiger partial charge >= 0.3 is 5.97 Å². The molecule has 1 aromatic heterocycles. The molecule has 0 saturated heterocycles. The molecule has 6 nitrogen and oxygen atoms in total. The zero-order chi connectivity index (χ0) is 21.4. The molecule has 2 N–H and O–H groups in total. The number of anilines is 1. The summed E-state index contributed by atoms with van der Waals surface area (Å²) in [6, 6.07) is 11.0. The van der Waals surface area contributed by atoms with Crippen LogP contribution in [0.1, 0.15) is 32.5 Å². The molecule has 0 bridgehead atoms. The Kier molecular flexibility index (Phi) is 5.17. The molecule has 1 amide bonds. The number of amides is 1. The molecule has 0 fully saturated rings. The lowest BCUT2D eigenvalue weighted by Crippen LogP contribution is -2.22. The first-order valence-corrected chi connectivity index (χ1v) is 9.92. The van der Waals surface area contributed by atoms with Crippen molar-refractivity contribution in [3.8, 4) is 22.6 Å². The summed E-state index contributed by atoms with van der Waals surface area (Å²) in [5.41, 5.74) is 1.86. The van der Waals surface area contributed by atoms with Gasteiger partial charge in [0.1, 0.15) is 22.2 Å². The van der Waals surface area contributed by atoms with E-state index in [-0.39, 0.29) is 17.2 Å². The first-order chi connectivity index (χ1) is 14.4. The molecular formula is C22H18FNO5S. The molecular weight excluding hydrogens is 409 g/mol. The Labute approximate surface area is 175 Å². The number of nitrogens with one attached hydrogen (secondary N) is 1. The van der Waals surface area contributed by atoms with Crippen LogP contribution >= 0.6 is 11.3 Å². The molecule has 2 aromatic carbocycles. The Balaban J connectivity index is 1.94. The summed E-state index contributed by atoms with van der Waals surface area (Å²) >= 11 is 1.08. The normalized spacial score (nSPS) is 15.3. The molecule has 0 saturated carbocycles. The highest BCUT2D eigenvalue weighted by atomic mass is 32.1. The molecule has 0 unspecified atom stereocenters. The van der Waals surface area contributed by atoms with Crippen LogP contribution in [-0.4, -0.2) is 31.2 Å². The molecule has 1 aliphatic heterocycles. The third-order valence-electron chi connectivity index (χ3n) is 5.03. The number of rotatable bonds is 5. The fourth-order valence-electron chi connectivity index (χ4n) is 3.71. The fraction of sp³-hybridized carbons (Fsp3) is 0.182. The number of thiophene rings is 1. The first kappa shape index (κ1) is 19.9. The lowest BCUT2D eigenvalue weighted by molar-refractivity contribution is -0.116. The number of ether oxygens (including phenoxy) is 2. The van der Waals surface area contributed by atoms with Crippen LogP contribution in [0.4, 0.5) is 10.1 Å². The predicted octanol–water partition coefficient (Wildman–Crippen LogP) is 4.74. The average molecular weight is 427 g/mol. The standard InChI is InChI=1S/C22H18FNO5S/c1-28-13-6-7-14(16(9-13)29-2)15-10-17(25)24-19-18(11-4-3-5-12(23)8-11)21(22(26)27)30-20(15)19/h3-9,15H,10H2,1-2H3,(H,24,25)(H,26,27)/t15-/m0/s1. The van der Waals surface area contributed by atoms with E-state index in [0.29, 0.717) is 33.2 Å². The van der Waals surface area contributed by atoms with Crippen LogP contribution in [0.3, 0.4) is 0 Å². The van der Waals surface area contributed by atoms with E-state index in [1.54, 1.807) is 25.3 Å². The van der Waals surface area contributed by atoms with Gasteiger partial charge in [0.25, 0.3) is 0 Å². The minimum Gasteiger partial charge on any atom is -0.497 e. The number of carboxylic acid groups (broad SMARTS) is 1. The van der Waals surface area contributed by atoms with Gasteiger partial charge in [0, 0.05) is 34.4 Å². The van der Waals surface area contributed by atoms with Gasteiger partial charge in [-0.15, -0.1) is 11.3 Å². The number of carbonyl (C=O) groups excluding carboxylic acids is 1. The van der Waals surface area contributed by atoms with E-state index in [0.717, 1.165) is 16.9 Å². The zero-order valence-corrected chi connectivity index (χ0v) is 17.0. The number of fused-ring (bicyclic) bond motifs is 1. The molecule has 0 spiro atoms. The van der Waals surface area contributed by atoms with Gasteiger partial charge in [-0.3, -0.25) is 4.79 Å². The number of aromatic carboxylic acids is 1. The summed E-state index contributed by atoms with van der Waals surface area (Å²) < 4.78 is 24.6. The van der Waals surface area contributed by atoms with E-state index in [4.69, 9.17) is 9.47 Å². The Morgan fingerprint density at radius 1 is 1.20 bits per heavy atom. The molecule has 4 rings (SSSR count). The third kappa shape index (κ3) is 3.39. The van der Waals surface area contributed by atoms with Gasteiger partial charge in [0.05, 0.1) is 19.9 Å². The molecule has 2 heterocycles. The van der Waals surface area contributed by atoms with Crippen LogP contribution < -0.4 is 14.8 Å². The minimum atomic E-state index is -1.14. The zero-order valence-electron chi connectivity index (χ0n) is 16.2. The maximum atomic E-state index is 13.9. The Hall–Kier alpha value is -3.39. The average Bonchev–Trinajstić information content (AvgIpc) is 3.12. The summed E-state index contributed by atoms with van der Waals surface area (Å²) in [6.07, 6.45) is 0.137. The number of carbonyl (C=O) groups is 2. The van der Waals surface area contributed by atoms with Crippen molar-refractivity contribution in [1.82, 2.24) is 0 Å². The number of methoxy groups -OCH3 is 2. The van der Waals surface area contributed by atoms with Gasteiger partial charge < -0.3 is 19.9 Å².